The molecule has 2 amide bonds. The zero-order chi connectivity index (χ0) is 21.8. The summed E-state index contributed by atoms with van der Waals surface area (Å²) < 4.78 is 2.24. The number of hydrogen-bond donors (Lipinski definition) is 2. The summed E-state index contributed by atoms with van der Waals surface area (Å²) in [7, 11) is 0. The molecule has 4 aromatic rings. The van der Waals surface area contributed by atoms with Gasteiger partial charge in [-0.2, -0.15) is 0 Å². The van der Waals surface area contributed by atoms with Gasteiger partial charge in [0.2, 0.25) is 0 Å². The molecule has 0 saturated heterocycles. The predicted octanol–water partition coefficient (Wildman–Crippen LogP) is 5.87. The molecule has 1 heterocycles. The summed E-state index contributed by atoms with van der Waals surface area (Å²) in [6.07, 6.45) is 6.21. The lowest BCUT2D eigenvalue weighted by atomic mass is 10.1. The first-order valence-corrected chi connectivity index (χ1v) is 11.4. The number of carbonyl (C=O) groups excluding carboxylic acids is 1. The Bertz CT molecular complexity index is 1210. The van der Waals surface area contributed by atoms with Crippen LogP contribution >= 0.6 is 0 Å². The molecule has 0 atom stereocenters. The van der Waals surface area contributed by atoms with Crippen LogP contribution in [-0.2, 0) is 12.8 Å². The molecular weight excluding hydrogens is 396 g/mol. The van der Waals surface area contributed by atoms with E-state index < -0.39 is 0 Å². The fourth-order valence-corrected chi connectivity index (χ4v) is 4.59. The van der Waals surface area contributed by atoms with E-state index in [0.717, 1.165) is 53.9 Å². The van der Waals surface area contributed by atoms with E-state index in [2.05, 4.69) is 69.8 Å². The lowest BCUT2D eigenvalue weighted by molar-refractivity contribution is 0.248. The molecule has 162 valence electrons. The standard InChI is InChI=1S/C27H28N4O/c32-27(28-21-10-4-5-11-21)29-22-12-8-9-20(19-22)17-18-26-30-24-15-6-7-16-25(24)31(26)23-13-2-1-3-14-23/h1-3,6-9,12-16,19,21H,4-5,10-11,17-18H2,(H2,28,29,32). The minimum absolute atomic E-state index is 0.111. The lowest BCUT2D eigenvalue weighted by Crippen LogP contribution is -2.36. The molecule has 2 N–H and O–H groups in total. The largest absolute Gasteiger partial charge is 0.335 e. The van der Waals surface area contributed by atoms with Crippen molar-refractivity contribution in [1.82, 2.24) is 14.9 Å². The summed E-state index contributed by atoms with van der Waals surface area (Å²) in [5.41, 5.74) is 5.25. The number of imidazole rings is 1. The van der Waals surface area contributed by atoms with Gasteiger partial charge < -0.3 is 10.6 Å². The molecule has 0 unspecified atom stereocenters. The Labute approximate surface area is 188 Å². The average Bonchev–Trinajstić information content (AvgIpc) is 3.46. The molecule has 0 spiro atoms. The first kappa shape index (κ1) is 20.3. The monoisotopic (exact) mass is 424 g/mol. The van der Waals surface area contributed by atoms with Crippen molar-refractivity contribution in [3.8, 4) is 5.69 Å². The Morgan fingerprint density at radius 1 is 0.906 bits per heavy atom. The maximum absolute atomic E-state index is 12.3. The average molecular weight is 425 g/mol. The summed E-state index contributed by atoms with van der Waals surface area (Å²) in [6.45, 7) is 0. The second-order valence-corrected chi connectivity index (χ2v) is 8.47. The number of nitrogens with one attached hydrogen (secondary N) is 2. The van der Waals surface area contributed by atoms with Crippen molar-refractivity contribution in [2.75, 3.05) is 5.32 Å². The van der Waals surface area contributed by atoms with Gasteiger partial charge in [0, 0.05) is 23.8 Å². The number of rotatable bonds is 6. The van der Waals surface area contributed by atoms with Crippen LogP contribution in [0.2, 0.25) is 0 Å². The normalized spacial score (nSPS) is 14.0. The summed E-state index contributed by atoms with van der Waals surface area (Å²) >= 11 is 0. The summed E-state index contributed by atoms with van der Waals surface area (Å²) in [5, 5.41) is 6.08. The van der Waals surface area contributed by atoms with E-state index in [-0.39, 0.29) is 6.03 Å². The van der Waals surface area contributed by atoms with Gasteiger partial charge in [-0.1, -0.05) is 55.3 Å². The van der Waals surface area contributed by atoms with E-state index in [4.69, 9.17) is 4.98 Å². The van der Waals surface area contributed by atoms with Gasteiger partial charge >= 0.3 is 6.03 Å². The highest BCUT2D eigenvalue weighted by molar-refractivity contribution is 5.89. The van der Waals surface area contributed by atoms with Crippen LogP contribution in [0, 0.1) is 0 Å². The zero-order valence-electron chi connectivity index (χ0n) is 18.1. The Morgan fingerprint density at radius 3 is 2.53 bits per heavy atom. The smallest absolute Gasteiger partial charge is 0.319 e. The first-order valence-electron chi connectivity index (χ1n) is 11.4. The Morgan fingerprint density at radius 2 is 1.69 bits per heavy atom. The number of para-hydroxylation sites is 3. The molecule has 1 saturated carbocycles. The van der Waals surface area contributed by atoms with Crippen molar-refractivity contribution < 1.29 is 4.79 Å². The highest BCUT2D eigenvalue weighted by Gasteiger charge is 2.17. The highest BCUT2D eigenvalue weighted by Crippen LogP contribution is 2.23. The van der Waals surface area contributed by atoms with Crippen LogP contribution in [0.15, 0.2) is 78.9 Å². The first-order chi connectivity index (χ1) is 15.8. The molecule has 3 aromatic carbocycles. The molecule has 1 aromatic heterocycles. The van der Waals surface area contributed by atoms with Gasteiger partial charge in [-0.15, -0.1) is 0 Å². The lowest BCUT2D eigenvalue weighted by Gasteiger charge is -2.13. The molecular formula is C27H28N4O. The Balaban J connectivity index is 1.32. The van der Waals surface area contributed by atoms with Crippen molar-refractivity contribution in [2.45, 2.75) is 44.6 Å². The van der Waals surface area contributed by atoms with E-state index >= 15 is 0 Å². The van der Waals surface area contributed by atoms with Crippen molar-refractivity contribution in [3.05, 3.63) is 90.3 Å². The number of hydrogen-bond acceptors (Lipinski definition) is 2. The van der Waals surface area contributed by atoms with Gasteiger partial charge in [0.25, 0.3) is 0 Å². The molecule has 1 aliphatic carbocycles. The van der Waals surface area contributed by atoms with Gasteiger partial charge in [-0.3, -0.25) is 4.57 Å². The Hall–Kier alpha value is -3.60. The Kier molecular flexibility index (Phi) is 5.88. The van der Waals surface area contributed by atoms with Crippen LogP contribution in [0.5, 0.6) is 0 Å². The SMILES string of the molecule is O=C(Nc1cccc(CCc2nc3ccccc3n2-c2ccccc2)c1)NC1CCCC1. The van der Waals surface area contributed by atoms with E-state index in [0.29, 0.717) is 6.04 Å². The quantitative estimate of drug-likeness (QED) is 0.406. The maximum Gasteiger partial charge on any atom is 0.319 e. The van der Waals surface area contributed by atoms with Crippen molar-refractivity contribution >= 4 is 22.8 Å². The number of fused-ring (bicyclic) bond motifs is 1. The van der Waals surface area contributed by atoms with Gasteiger partial charge in [0.1, 0.15) is 5.82 Å². The molecule has 5 rings (SSSR count). The molecule has 0 aliphatic heterocycles. The van der Waals surface area contributed by atoms with E-state index in [1.165, 1.54) is 18.4 Å². The minimum atomic E-state index is -0.111. The van der Waals surface area contributed by atoms with Crippen LogP contribution in [0.3, 0.4) is 0 Å². The third kappa shape index (κ3) is 4.52. The van der Waals surface area contributed by atoms with Gasteiger partial charge in [-0.25, -0.2) is 9.78 Å². The van der Waals surface area contributed by atoms with E-state index in [9.17, 15) is 4.79 Å². The fraction of sp³-hybridized carbons (Fsp3) is 0.259. The topological polar surface area (TPSA) is 59.0 Å². The zero-order valence-corrected chi connectivity index (χ0v) is 18.1. The van der Waals surface area contributed by atoms with Crippen molar-refractivity contribution in [3.63, 3.8) is 0 Å². The van der Waals surface area contributed by atoms with E-state index in [1.807, 2.05) is 24.3 Å². The van der Waals surface area contributed by atoms with Gasteiger partial charge in [-0.05, 0) is 61.2 Å². The highest BCUT2D eigenvalue weighted by atomic mass is 16.2. The third-order valence-corrected chi connectivity index (χ3v) is 6.16. The van der Waals surface area contributed by atoms with Gasteiger partial charge in [0.15, 0.2) is 0 Å². The molecule has 5 nitrogen and oxygen atoms in total. The summed E-state index contributed by atoms with van der Waals surface area (Å²) in [4.78, 5) is 17.2. The van der Waals surface area contributed by atoms with Crippen LogP contribution in [0.1, 0.15) is 37.1 Å². The second kappa shape index (κ2) is 9.27. The number of anilines is 1. The van der Waals surface area contributed by atoms with Crippen LogP contribution in [-0.4, -0.2) is 21.6 Å². The number of aromatic nitrogens is 2. The predicted molar refractivity (Wildman–Crippen MR) is 129 cm³/mol. The minimum Gasteiger partial charge on any atom is -0.335 e. The number of carbonyl (C=O) groups is 1. The third-order valence-electron chi connectivity index (χ3n) is 6.16. The number of urea groups is 1. The van der Waals surface area contributed by atoms with Crippen LogP contribution < -0.4 is 10.6 Å². The number of benzene rings is 3. The van der Waals surface area contributed by atoms with E-state index in [1.54, 1.807) is 0 Å². The molecule has 0 bridgehead atoms. The van der Waals surface area contributed by atoms with Crippen LogP contribution in [0.4, 0.5) is 10.5 Å². The number of aryl methyl sites for hydroxylation is 2. The maximum atomic E-state index is 12.3. The second-order valence-electron chi connectivity index (χ2n) is 8.47. The molecule has 5 heteroatoms. The molecule has 32 heavy (non-hydrogen) atoms. The summed E-state index contributed by atoms with van der Waals surface area (Å²) in [6, 6.07) is 26.9. The molecule has 0 radical (unpaired) electrons. The molecule has 1 aliphatic rings. The van der Waals surface area contributed by atoms with Gasteiger partial charge in [0.05, 0.1) is 11.0 Å². The van der Waals surface area contributed by atoms with Crippen LogP contribution in [0.25, 0.3) is 16.7 Å². The summed E-state index contributed by atoms with van der Waals surface area (Å²) in [5.74, 6) is 1.04. The molecule has 1 fully saturated rings. The number of amides is 2. The number of nitrogens with zero attached hydrogens (tertiary/aromatic N) is 2. The van der Waals surface area contributed by atoms with Crippen molar-refractivity contribution in [1.29, 1.82) is 0 Å². The van der Waals surface area contributed by atoms with Crippen molar-refractivity contribution in [2.24, 2.45) is 0 Å². The fourth-order valence-electron chi connectivity index (χ4n) is 4.59.